The van der Waals surface area contributed by atoms with Crippen molar-refractivity contribution in [2.75, 3.05) is 11.9 Å². The minimum Gasteiger partial charge on any atom is -0.393 e. The third-order valence-electron chi connectivity index (χ3n) is 3.61. The maximum Gasteiger partial charge on any atom is 0.319 e. The largest absolute Gasteiger partial charge is 0.393 e. The van der Waals surface area contributed by atoms with Gasteiger partial charge in [-0.2, -0.15) is 0 Å². The molecule has 2 rings (SSSR count). The van der Waals surface area contributed by atoms with Gasteiger partial charge < -0.3 is 15.7 Å². The summed E-state index contributed by atoms with van der Waals surface area (Å²) in [5.41, 5.74) is 0.484. The molecular weight excluding hydrogens is 314 g/mol. The number of hydrogen-bond acceptors (Lipinski definition) is 2. The lowest BCUT2D eigenvalue weighted by Gasteiger charge is -2.20. The van der Waals surface area contributed by atoms with Crippen LogP contribution >= 0.6 is 0 Å². The van der Waals surface area contributed by atoms with E-state index in [1.54, 1.807) is 6.92 Å². The zero-order chi connectivity index (χ0) is 17.5. The second-order valence-corrected chi connectivity index (χ2v) is 5.62. The summed E-state index contributed by atoms with van der Waals surface area (Å²) < 4.78 is 27.1. The first-order valence-corrected chi connectivity index (χ1v) is 7.69. The first-order valence-electron chi connectivity index (χ1n) is 7.69. The molecule has 0 spiro atoms. The number of halogens is 2. The van der Waals surface area contributed by atoms with Crippen molar-refractivity contribution >= 4 is 11.7 Å². The molecule has 2 aromatic rings. The summed E-state index contributed by atoms with van der Waals surface area (Å²) >= 11 is 0. The molecule has 0 saturated carbocycles. The van der Waals surface area contributed by atoms with Crippen molar-refractivity contribution < 1.29 is 18.7 Å². The number of carbonyl (C=O) groups excluding carboxylic acids is 1. The quantitative estimate of drug-likeness (QED) is 0.755. The zero-order valence-corrected chi connectivity index (χ0v) is 13.3. The van der Waals surface area contributed by atoms with Crippen LogP contribution in [0, 0.1) is 11.6 Å². The summed E-state index contributed by atoms with van der Waals surface area (Å²) in [4.78, 5) is 11.9. The minimum atomic E-state index is -0.839. The predicted octanol–water partition coefficient (Wildman–Crippen LogP) is 3.64. The Balaban J connectivity index is 2.00. The second-order valence-electron chi connectivity index (χ2n) is 5.62. The van der Waals surface area contributed by atoms with E-state index in [2.05, 4.69) is 10.6 Å². The Hall–Kier alpha value is -2.47. The Labute approximate surface area is 139 Å². The van der Waals surface area contributed by atoms with Gasteiger partial charge in [0.05, 0.1) is 6.10 Å². The molecule has 0 heterocycles. The third-order valence-corrected chi connectivity index (χ3v) is 3.61. The monoisotopic (exact) mass is 334 g/mol. The fourth-order valence-corrected chi connectivity index (χ4v) is 2.47. The van der Waals surface area contributed by atoms with Crippen molar-refractivity contribution in [1.29, 1.82) is 0 Å². The highest BCUT2D eigenvalue weighted by Crippen LogP contribution is 2.21. The Kier molecular flexibility index (Phi) is 6.26. The third kappa shape index (κ3) is 5.03. The fourth-order valence-electron chi connectivity index (χ4n) is 2.47. The molecule has 24 heavy (non-hydrogen) atoms. The molecule has 0 saturated heterocycles. The molecule has 128 valence electrons. The van der Waals surface area contributed by atoms with Gasteiger partial charge in [0.15, 0.2) is 0 Å². The average Bonchev–Trinajstić information content (AvgIpc) is 2.55. The molecule has 2 atom stereocenters. The smallest absolute Gasteiger partial charge is 0.319 e. The molecule has 0 bridgehead atoms. The van der Waals surface area contributed by atoms with Crippen LogP contribution in [0.4, 0.5) is 19.3 Å². The number of nitrogens with one attached hydrogen (secondary N) is 2. The standard InChI is InChI=1S/C18H20F2N2O2/c1-12(23)10-14(13-6-3-2-4-7-13)11-21-18(24)22-17-15(19)8-5-9-16(17)20/h2-9,12,14,23H,10-11H2,1H3,(H2,21,22,24). The van der Waals surface area contributed by atoms with Crippen LogP contribution in [0.25, 0.3) is 0 Å². The molecule has 2 amide bonds. The lowest BCUT2D eigenvalue weighted by Crippen LogP contribution is -2.33. The maximum atomic E-state index is 13.5. The molecule has 0 aliphatic carbocycles. The molecule has 0 fully saturated rings. The summed E-state index contributed by atoms with van der Waals surface area (Å²) in [5.74, 6) is -1.79. The first kappa shape index (κ1) is 17.9. The number of aliphatic hydroxyl groups excluding tert-OH is 1. The van der Waals surface area contributed by atoms with E-state index in [0.29, 0.717) is 6.42 Å². The number of para-hydroxylation sites is 1. The Morgan fingerprint density at radius 3 is 2.29 bits per heavy atom. The van der Waals surface area contributed by atoms with Crippen molar-refractivity contribution in [3.63, 3.8) is 0 Å². The number of carbonyl (C=O) groups is 1. The molecule has 4 nitrogen and oxygen atoms in total. The van der Waals surface area contributed by atoms with E-state index in [0.717, 1.165) is 17.7 Å². The SMILES string of the molecule is CC(O)CC(CNC(=O)Nc1c(F)cccc1F)c1ccccc1. The highest BCUT2D eigenvalue weighted by atomic mass is 19.1. The van der Waals surface area contributed by atoms with Crippen LogP contribution in [0.2, 0.25) is 0 Å². The molecule has 2 unspecified atom stereocenters. The van der Waals surface area contributed by atoms with E-state index in [1.807, 2.05) is 30.3 Å². The van der Waals surface area contributed by atoms with Crippen molar-refractivity contribution in [2.45, 2.75) is 25.4 Å². The number of anilines is 1. The van der Waals surface area contributed by atoms with Crippen LogP contribution in [-0.4, -0.2) is 23.8 Å². The van der Waals surface area contributed by atoms with Gasteiger partial charge in [-0.25, -0.2) is 13.6 Å². The second kappa shape index (κ2) is 8.40. The van der Waals surface area contributed by atoms with Gasteiger partial charge in [-0.3, -0.25) is 0 Å². The lowest BCUT2D eigenvalue weighted by atomic mass is 9.93. The van der Waals surface area contributed by atoms with E-state index < -0.39 is 29.5 Å². The summed E-state index contributed by atoms with van der Waals surface area (Å²) in [6, 6.07) is 12.1. The van der Waals surface area contributed by atoms with Crippen LogP contribution in [0.5, 0.6) is 0 Å². The van der Waals surface area contributed by atoms with E-state index in [-0.39, 0.29) is 12.5 Å². The number of benzene rings is 2. The summed E-state index contributed by atoms with van der Waals surface area (Å²) in [5, 5.41) is 14.4. The van der Waals surface area contributed by atoms with Crippen LogP contribution in [0.15, 0.2) is 48.5 Å². The van der Waals surface area contributed by atoms with E-state index in [9.17, 15) is 18.7 Å². The number of urea groups is 1. The summed E-state index contributed by atoms with van der Waals surface area (Å²) in [7, 11) is 0. The van der Waals surface area contributed by atoms with Gasteiger partial charge in [0, 0.05) is 12.5 Å². The normalized spacial score (nSPS) is 13.2. The van der Waals surface area contributed by atoms with Gasteiger partial charge in [-0.15, -0.1) is 0 Å². The van der Waals surface area contributed by atoms with Crippen molar-refractivity contribution in [2.24, 2.45) is 0 Å². The summed E-state index contributed by atoms with van der Waals surface area (Å²) in [6.07, 6.45) is -0.0812. The Bertz CT molecular complexity index is 658. The molecule has 0 aromatic heterocycles. The predicted molar refractivity (Wildman–Crippen MR) is 88.9 cm³/mol. The van der Waals surface area contributed by atoms with E-state index >= 15 is 0 Å². The van der Waals surface area contributed by atoms with E-state index in [4.69, 9.17) is 0 Å². The van der Waals surface area contributed by atoms with Crippen molar-refractivity contribution in [3.8, 4) is 0 Å². The van der Waals surface area contributed by atoms with Crippen LogP contribution in [0.1, 0.15) is 24.8 Å². The first-order chi connectivity index (χ1) is 11.5. The van der Waals surface area contributed by atoms with Crippen LogP contribution in [0.3, 0.4) is 0 Å². The molecule has 0 radical (unpaired) electrons. The molecule has 2 aromatic carbocycles. The van der Waals surface area contributed by atoms with Crippen LogP contribution < -0.4 is 10.6 Å². The average molecular weight is 334 g/mol. The van der Waals surface area contributed by atoms with Gasteiger partial charge in [-0.1, -0.05) is 36.4 Å². The molecule has 6 heteroatoms. The van der Waals surface area contributed by atoms with Gasteiger partial charge in [0.1, 0.15) is 17.3 Å². The molecule has 3 N–H and O–H groups in total. The number of hydrogen-bond donors (Lipinski definition) is 3. The minimum absolute atomic E-state index is 0.109. The van der Waals surface area contributed by atoms with Gasteiger partial charge in [0.2, 0.25) is 0 Å². The molecule has 0 aliphatic rings. The number of rotatable bonds is 6. The molecular formula is C18H20F2N2O2. The zero-order valence-electron chi connectivity index (χ0n) is 13.3. The van der Waals surface area contributed by atoms with E-state index in [1.165, 1.54) is 6.07 Å². The van der Waals surface area contributed by atoms with Gasteiger partial charge >= 0.3 is 6.03 Å². The fraction of sp³-hybridized carbons (Fsp3) is 0.278. The highest BCUT2D eigenvalue weighted by molar-refractivity contribution is 5.89. The van der Waals surface area contributed by atoms with Crippen molar-refractivity contribution in [3.05, 3.63) is 65.7 Å². The van der Waals surface area contributed by atoms with Gasteiger partial charge in [-0.05, 0) is 31.0 Å². The summed E-state index contributed by atoms with van der Waals surface area (Å²) in [6.45, 7) is 1.90. The van der Waals surface area contributed by atoms with Crippen LogP contribution in [-0.2, 0) is 0 Å². The maximum absolute atomic E-state index is 13.5. The highest BCUT2D eigenvalue weighted by Gasteiger charge is 2.17. The molecule has 0 aliphatic heterocycles. The van der Waals surface area contributed by atoms with Gasteiger partial charge in [0.25, 0.3) is 0 Å². The topological polar surface area (TPSA) is 61.4 Å². The number of aliphatic hydroxyl groups is 1. The lowest BCUT2D eigenvalue weighted by molar-refractivity contribution is 0.173. The van der Waals surface area contributed by atoms with Crippen molar-refractivity contribution in [1.82, 2.24) is 5.32 Å². The Morgan fingerprint density at radius 1 is 1.08 bits per heavy atom. The Morgan fingerprint density at radius 2 is 1.71 bits per heavy atom. The number of amides is 2.